The lowest BCUT2D eigenvalue weighted by Crippen LogP contribution is -2.53. The van der Waals surface area contributed by atoms with Crippen molar-refractivity contribution in [2.24, 2.45) is 5.92 Å². The van der Waals surface area contributed by atoms with E-state index in [4.69, 9.17) is 14.2 Å². The number of ether oxygens (including phenoxy) is 3. The lowest BCUT2D eigenvalue weighted by molar-refractivity contribution is -0.117. The Bertz CT molecular complexity index is 919. The summed E-state index contributed by atoms with van der Waals surface area (Å²) in [4.78, 5) is 27.4. The van der Waals surface area contributed by atoms with E-state index in [-0.39, 0.29) is 30.4 Å². The molecule has 2 N–H and O–H groups in total. The molecule has 1 atom stereocenters. The molecule has 0 fully saturated rings. The first kappa shape index (κ1) is 21.3. The van der Waals surface area contributed by atoms with Gasteiger partial charge in [-0.05, 0) is 18.1 Å². The number of para-hydroxylation sites is 1. The number of rotatable bonds is 7. The van der Waals surface area contributed by atoms with Gasteiger partial charge in [0.25, 0.3) is 5.91 Å². The second-order valence-corrected chi connectivity index (χ2v) is 7.27. The van der Waals surface area contributed by atoms with E-state index < -0.39 is 0 Å². The summed E-state index contributed by atoms with van der Waals surface area (Å²) in [6.07, 6.45) is -0.293. The topological polar surface area (TPSA) is 89.1 Å². The third-order valence-corrected chi connectivity index (χ3v) is 4.95. The van der Waals surface area contributed by atoms with Crippen LogP contribution in [0, 0.1) is 5.92 Å². The van der Waals surface area contributed by atoms with Gasteiger partial charge in [-0.25, -0.2) is 0 Å². The average Bonchev–Trinajstić information content (AvgIpc) is 2.74. The van der Waals surface area contributed by atoms with Crippen LogP contribution in [0.3, 0.4) is 0 Å². The van der Waals surface area contributed by atoms with Crippen molar-refractivity contribution in [3.05, 3.63) is 42.0 Å². The summed E-state index contributed by atoms with van der Waals surface area (Å²) < 4.78 is 16.0. The lowest BCUT2D eigenvalue weighted by Gasteiger charge is -2.39. The molecule has 2 aromatic carbocycles. The van der Waals surface area contributed by atoms with Crippen LogP contribution in [0.15, 0.2) is 36.4 Å². The van der Waals surface area contributed by atoms with Crippen LogP contribution in [-0.4, -0.2) is 50.8 Å². The van der Waals surface area contributed by atoms with E-state index in [0.29, 0.717) is 28.5 Å². The van der Waals surface area contributed by atoms with Crippen molar-refractivity contribution in [2.75, 3.05) is 38.5 Å². The van der Waals surface area contributed by atoms with Crippen LogP contribution in [0.2, 0.25) is 0 Å². The molecular formula is C22H27N3O5. The number of carbonyl (C=O) groups excluding carboxylic acids is 2. The highest BCUT2D eigenvalue weighted by atomic mass is 16.5. The normalized spacial score (nSPS) is 15.3. The molecule has 1 unspecified atom stereocenters. The molecule has 0 aromatic heterocycles. The first-order chi connectivity index (χ1) is 14.4. The van der Waals surface area contributed by atoms with Crippen molar-refractivity contribution in [2.45, 2.75) is 20.0 Å². The Morgan fingerprint density at radius 2 is 1.73 bits per heavy atom. The maximum Gasteiger partial charge on any atom is 0.258 e. The molecule has 1 aliphatic rings. The van der Waals surface area contributed by atoms with Gasteiger partial charge in [0.2, 0.25) is 11.7 Å². The van der Waals surface area contributed by atoms with E-state index >= 15 is 0 Å². The van der Waals surface area contributed by atoms with Crippen LogP contribution < -0.4 is 24.8 Å². The van der Waals surface area contributed by atoms with Crippen LogP contribution in [0.1, 0.15) is 24.2 Å². The Morgan fingerprint density at radius 1 is 1.10 bits per heavy atom. The predicted octanol–water partition coefficient (Wildman–Crippen LogP) is 3.20. The zero-order valence-corrected chi connectivity index (χ0v) is 17.8. The molecule has 8 nitrogen and oxygen atoms in total. The number of amides is 2. The predicted molar refractivity (Wildman–Crippen MR) is 114 cm³/mol. The molecule has 0 spiro atoms. The number of anilines is 2. The van der Waals surface area contributed by atoms with E-state index in [2.05, 4.69) is 10.6 Å². The summed E-state index contributed by atoms with van der Waals surface area (Å²) in [6, 6.07) is 10.6. The van der Waals surface area contributed by atoms with Crippen LogP contribution in [-0.2, 0) is 4.79 Å². The molecule has 160 valence electrons. The van der Waals surface area contributed by atoms with Gasteiger partial charge in [0, 0.05) is 23.5 Å². The van der Waals surface area contributed by atoms with Crippen molar-refractivity contribution in [1.82, 2.24) is 4.90 Å². The van der Waals surface area contributed by atoms with Crippen molar-refractivity contribution in [1.29, 1.82) is 0 Å². The molecule has 0 bridgehead atoms. The Balaban J connectivity index is 1.82. The first-order valence-corrected chi connectivity index (χ1v) is 9.66. The fourth-order valence-corrected chi connectivity index (χ4v) is 3.52. The molecule has 2 aromatic rings. The number of nitrogens with zero attached hydrogens (tertiary/aromatic N) is 1. The zero-order valence-electron chi connectivity index (χ0n) is 17.8. The Hall–Kier alpha value is -3.42. The number of carbonyl (C=O) groups is 2. The van der Waals surface area contributed by atoms with Gasteiger partial charge in [-0.2, -0.15) is 0 Å². The molecule has 30 heavy (non-hydrogen) atoms. The third kappa shape index (κ3) is 4.12. The maximum absolute atomic E-state index is 13.1. The quantitative estimate of drug-likeness (QED) is 0.725. The maximum atomic E-state index is 13.1. The van der Waals surface area contributed by atoms with Crippen LogP contribution >= 0.6 is 0 Å². The van der Waals surface area contributed by atoms with Gasteiger partial charge in [0.15, 0.2) is 11.5 Å². The highest BCUT2D eigenvalue weighted by Gasteiger charge is 2.34. The molecule has 1 aliphatic heterocycles. The molecular weight excluding hydrogens is 386 g/mol. The second kappa shape index (κ2) is 8.94. The van der Waals surface area contributed by atoms with Crippen molar-refractivity contribution in [3.8, 4) is 17.2 Å². The summed E-state index contributed by atoms with van der Waals surface area (Å²) >= 11 is 0. The standard InChI is InChI=1S/C22H27N3O5/c1-13(2)21-24-16-9-7-6-8-15(16)22(27)25(21)12-19(26)23-14-10-17(28-3)20(30-5)18(11-14)29-4/h6-11,13,21,24H,12H2,1-5H3,(H,23,26). The van der Waals surface area contributed by atoms with Gasteiger partial charge in [0.05, 0.1) is 26.9 Å². The van der Waals surface area contributed by atoms with E-state index in [1.807, 2.05) is 32.0 Å². The van der Waals surface area contributed by atoms with Gasteiger partial charge in [-0.1, -0.05) is 26.0 Å². The highest BCUT2D eigenvalue weighted by Crippen LogP contribution is 2.40. The number of fused-ring (bicyclic) bond motifs is 1. The summed E-state index contributed by atoms with van der Waals surface area (Å²) in [6.45, 7) is 3.91. The van der Waals surface area contributed by atoms with Gasteiger partial charge < -0.3 is 29.7 Å². The minimum Gasteiger partial charge on any atom is -0.493 e. The van der Waals surface area contributed by atoms with E-state index in [0.717, 1.165) is 5.69 Å². The molecule has 0 saturated carbocycles. The molecule has 0 saturated heterocycles. The molecule has 1 heterocycles. The number of hydrogen-bond donors (Lipinski definition) is 2. The Kier molecular flexibility index (Phi) is 6.34. The van der Waals surface area contributed by atoms with E-state index in [1.165, 1.54) is 21.3 Å². The average molecular weight is 413 g/mol. The largest absolute Gasteiger partial charge is 0.493 e. The summed E-state index contributed by atoms with van der Waals surface area (Å²) in [5.41, 5.74) is 1.81. The second-order valence-electron chi connectivity index (χ2n) is 7.27. The van der Waals surface area contributed by atoms with Crippen LogP contribution in [0.25, 0.3) is 0 Å². The third-order valence-electron chi connectivity index (χ3n) is 4.95. The summed E-state index contributed by atoms with van der Waals surface area (Å²) in [7, 11) is 4.52. The van der Waals surface area contributed by atoms with Gasteiger partial charge in [0.1, 0.15) is 12.7 Å². The summed E-state index contributed by atoms with van der Waals surface area (Å²) in [5.74, 6) is 0.891. The number of hydrogen-bond acceptors (Lipinski definition) is 6. The number of nitrogens with one attached hydrogen (secondary N) is 2. The van der Waals surface area contributed by atoms with Crippen molar-refractivity contribution in [3.63, 3.8) is 0 Å². The minimum absolute atomic E-state index is 0.0975. The molecule has 2 amide bonds. The molecule has 0 radical (unpaired) electrons. The number of benzene rings is 2. The Labute approximate surface area is 176 Å². The van der Waals surface area contributed by atoms with E-state index in [9.17, 15) is 9.59 Å². The monoisotopic (exact) mass is 413 g/mol. The molecule has 8 heteroatoms. The Morgan fingerprint density at radius 3 is 2.30 bits per heavy atom. The minimum atomic E-state index is -0.329. The first-order valence-electron chi connectivity index (χ1n) is 9.66. The van der Waals surface area contributed by atoms with Crippen molar-refractivity contribution >= 4 is 23.2 Å². The van der Waals surface area contributed by atoms with Crippen LogP contribution in [0.5, 0.6) is 17.2 Å². The van der Waals surface area contributed by atoms with Gasteiger partial charge >= 0.3 is 0 Å². The van der Waals surface area contributed by atoms with Crippen molar-refractivity contribution < 1.29 is 23.8 Å². The van der Waals surface area contributed by atoms with E-state index in [1.54, 1.807) is 23.1 Å². The summed E-state index contributed by atoms with van der Waals surface area (Å²) in [5, 5.41) is 6.18. The van der Waals surface area contributed by atoms with Gasteiger partial charge in [-0.15, -0.1) is 0 Å². The highest BCUT2D eigenvalue weighted by molar-refractivity contribution is 6.04. The fourth-order valence-electron chi connectivity index (χ4n) is 3.52. The molecule has 3 rings (SSSR count). The fraction of sp³-hybridized carbons (Fsp3) is 0.364. The lowest BCUT2D eigenvalue weighted by atomic mass is 10.0. The number of methoxy groups -OCH3 is 3. The zero-order chi connectivity index (χ0) is 21.8. The van der Waals surface area contributed by atoms with Gasteiger partial charge in [-0.3, -0.25) is 9.59 Å². The smallest absolute Gasteiger partial charge is 0.258 e. The molecule has 0 aliphatic carbocycles. The van der Waals surface area contributed by atoms with Crippen LogP contribution in [0.4, 0.5) is 11.4 Å². The SMILES string of the molecule is COc1cc(NC(=O)CN2C(=O)c3ccccc3NC2C(C)C)cc(OC)c1OC.